The molecule has 170 valence electrons. The average molecular weight is 447 g/mol. The Bertz CT molecular complexity index is 1210. The Kier molecular flexibility index (Phi) is 6.16. The molecule has 3 amide bonds. The van der Waals surface area contributed by atoms with E-state index in [9.17, 15) is 19.5 Å². The van der Waals surface area contributed by atoms with Crippen LogP contribution in [-0.2, 0) is 10.3 Å². The molecule has 33 heavy (non-hydrogen) atoms. The molecule has 0 aliphatic carbocycles. The quantitative estimate of drug-likeness (QED) is 0.407. The van der Waals surface area contributed by atoms with Crippen molar-refractivity contribution in [2.24, 2.45) is 0 Å². The van der Waals surface area contributed by atoms with E-state index in [1.165, 1.54) is 0 Å². The summed E-state index contributed by atoms with van der Waals surface area (Å²) in [6.07, 6.45) is -0.654. The minimum Gasteiger partial charge on any atom is -0.491 e. The molecule has 7 nitrogen and oxygen atoms in total. The van der Waals surface area contributed by atoms with Gasteiger partial charge in [0, 0.05) is 12.0 Å². The lowest BCUT2D eigenvalue weighted by Crippen LogP contribution is -2.42. The van der Waals surface area contributed by atoms with Gasteiger partial charge in [-0.25, -0.2) is 4.79 Å². The SMILES string of the molecule is CCC(=O)c1ccc(OCC(O)CN2C(=O)NC(C)(c3ccc4ccccc4c3)C2=O)cc1. The minimum absolute atomic E-state index is 0.0367. The average Bonchev–Trinajstić information content (AvgIpc) is 3.06. The fourth-order valence-corrected chi connectivity index (χ4v) is 3.96. The largest absolute Gasteiger partial charge is 0.491 e. The predicted molar refractivity (Wildman–Crippen MR) is 124 cm³/mol. The van der Waals surface area contributed by atoms with Gasteiger partial charge in [-0.3, -0.25) is 14.5 Å². The summed E-state index contributed by atoms with van der Waals surface area (Å²) in [5.41, 5.74) is 0.0517. The van der Waals surface area contributed by atoms with Crippen LogP contribution >= 0.6 is 0 Å². The number of aliphatic hydroxyl groups is 1. The van der Waals surface area contributed by atoms with Crippen LogP contribution in [0.3, 0.4) is 0 Å². The summed E-state index contributed by atoms with van der Waals surface area (Å²) >= 11 is 0. The van der Waals surface area contributed by atoms with E-state index >= 15 is 0 Å². The number of β-amino-alcohol motifs (C(OH)–C–C–N with tert-alkyl or cyclic N) is 1. The van der Waals surface area contributed by atoms with Gasteiger partial charge in [0.25, 0.3) is 5.91 Å². The highest BCUT2D eigenvalue weighted by Gasteiger charge is 2.49. The van der Waals surface area contributed by atoms with Crippen LogP contribution in [-0.4, -0.2) is 47.0 Å². The molecule has 1 fully saturated rings. The molecule has 2 unspecified atom stereocenters. The third-order valence-electron chi connectivity index (χ3n) is 5.93. The fourth-order valence-electron chi connectivity index (χ4n) is 3.96. The predicted octanol–water partition coefficient (Wildman–Crippen LogP) is 3.64. The molecule has 0 bridgehead atoms. The number of carbonyl (C=O) groups is 3. The van der Waals surface area contributed by atoms with Crippen molar-refractivity contribution < 1.29 is 24.2 Å². The normalized spacial score (nSPS) is 18.9. The maximum absolute atomic E-state index is 13.2. The Morgan fingerprint density at radius 3 is 2.45 bits per heavy atom. The van der Waals surface area contributed by atoms with Gasteiger partial charge in [0.2, 0.25) is 0 Å². The van der Waals surface area contributed by atoms with E-state index in [2.05, 4.69) is 5.32 Å². The zero-order valence-electron chi connectivity index (χ0n) is 18.6. The molecule has 1 aliphatic heterocycles. The molecule has 0 aromatic heterocycles. The van der Waals surface area contributed by atoms with E-state index in [1.807, 2.05) is 42.5 Å². The van der Waals surface area contributed by atoms with Crippen molar-refractivity contribution in [3.63, 3.8) is 0 Å². The molecule has 0 spiro atoms. The number of benzene rings is 3. The number of urea groups is 1. The number of ether oxygens (including phenoxy) is 1. The smallest absolute Gasteiger partial charge is 0.325 e. The van der Waals surface area contributed by atoms with Gasteiger partial charge in [-0.15, -0.1) is 0 Å². The molecule has 3 aromatic carbocycles. The molecule has 1 heterocycles. The first-order valence-corrected chi connectivity index (χ1v) is 10.9. The van der Waals surface area contributed by atoms with E-state index in [4.69, 9.17) is 4.74 Å². The van der Waals surface area contributed by atoms with Gasteiger partial charge in [-0.1, -0.05) is 43.3 Å². The second-order valence-corrected chi connectivity index (χ2v) is 8.30. The fraction of sp³-hybridized carbons (Fsp3) is 0.269. The molecule has 1 aliphatic rings. The second kappa shape index (κ2) is 9.03. The highest BCUT2D eigenvalue weighted by molar-refractivity contribution is 6.07. The van der Waals surface area contributed by atoms with Crippen molar-refractivity contribution >= 4 is 28.5 Å². The van der Waals surface area contributed by atoms with Gasteiger partial charge in [0.1, 0.15) is 24.0 Å². The molecule has 1 saturated heterocycles. The third kappa shape index (κ3) is 4.45. The van der Waals surface area contributed by atoms with Crippen LogP contribution in [0.4, 0.5) is 4.79 Å². The van der Waals surface area contributed by atoms with Gasteiger partial charge in [-0.05, 0) is 53.6 Å². The van der Waals surface area contributed by atoms with E-state index in [-0.39, 0.29) is 18.9 Å². The number of hydrogen-bond donors (Lipinski definition) is 2. The molecule has 0 saturated carbocycles. The van der Waals surface area contributed by atoms with Crippen LogP contribution in [0.15, 0.2) is 66.7 Å². The molecule has 2 N–H and O–H groups in total. The number of amides is 3. The van der Waals surface area contributed by atoms with Crippen molar-refractivity contribution in [3.8, 4) is 5.75 Å². The zero-order valence-corrected chi connectivity index (χ0v) is 18.6. The summed E-state index contributed by atoms with van der Waals surface area (Å²) in [6, 6.07) is 19.5. The Balaban J connectivity index is 1.41. The van der Waals surface area contributed by atoms with E-state index in [1.54, 1.807) is 38.1 Å². The number of ketones is 1. The number of carbonyl (C=O) groups excluding carboxylic acids is 3. The minimum atomic E-state index is -1.22. The van der Waals surface area contributed by atoms with Crippen molar-refractivity contribution in [1.29, 1.82) is 0 Å². The number of nitrogens with zero attached hydrogens (tertiary/aromatic N) is 1. The molecule has 3 aromatic rings. The number of rotatable bonds is 8. The number of imide groups is 1. The van der Waals surface area contributed by atoms with Crippen molar-refractivity contribution in [3.05, 3.63) is 77.9 Å². The third-order valence-corrected chi connectivity index (χ3v) is 5.93. The first-order valence-electron chi connectivity index (χ1n) is 10.9. The van der Waals surface area contributed by atoms with E-state index < -0.39 is 23.6 Å². The number of Topliss-reactive ketones (excluding diaryl/α,β-unsaturated/α-hetero) is 1. The first kappa shape index (κ1) is 22.5. The van der Waals surface area contributed by atoms with Gasteiger partial charge in [0.05, 0.1) is 6.54 Å². The summed E-state index contributed by atoms with van der Waals surface area (Å²) in [5.74, 6) is 0.0961. The molecule has 2 atom stereocenters. The summed E-state index contributed by atoms with van der Waals surface area (Å²) in [7, 11) is 0. The monoisotopic (exact) mass is 446 g/mol. The van der Waals surface area contributed by atoms with Crippen molar-refractivity contribution in [2.75, 3.05) is 13.2 Å². The maximum atomic E-state index is 13.2. The lowest BCUT2D eigenvalue weighted by Gasteiger charge is -2.23. The number of aliphatic hydroxyl groups excluding tert-OH is 1. The topological polar surface area (TPSA) is 95.9 Å². The van der Waals surface area contributed by atoms with Gasteiger partial charge < -0.3 is 15.2 Å². The van der Waals surface area contributed by atoms with Gasteiger partial charge >= 0.3 is 6.03 Å². The Labute approximate surface area is 192 Å². The van der Waals surface area contributed by atoms with Crippen LogP contribution in [0, 0.1) is 0 Å². The zero-order chi connectivity index (χ0) is 23.6. The van der Waals surface area contributed by atoms with Crippen LogP contribution in [0.2, 0.25) is 0 Å². The summed E-state index contributed by atoms with van der Waals surface area (Å²) < 4.78 is 5.57. The summed E-state index contributed by atoms with van der Waals surface area (Å²) in [6.45, 7) is 3.16. The van der Waals surface area contributed by atoms with E-state index in [0.717, 1.165) is 15.7 Å². The Morgan fingerprint density at radius 2 is 1.76 bits per heavy atom. The van der Waals surface area contributed by atoms with Gasteiger partial charge in [0.15, 0.2) is 5.78 Å². The van der Waals surface area contributed by atoms with Crippen LogP contribution in [0.5, 0.6) is 5.75 Å². The maximum Gasteiger partial charge on any atom is 0.325 e. The molecular weight excluding hydrogens is 420 g/mol. The molecule has 4 rings (SSSR count). The Hall–Kier alpha value is -3.71. The van der Waals surface area contributed by atoms with Crippen molar-refractivity contribution in [1.82, 2.24) is 10.2 Å². The van der Waals surface area contributed by atoms with Crippen LogP contribution in [0.25, 0.3) is 10.8 Å². The number of nitrogens with one attached hydrogen (secondary N) is 1. The van der Waals surface area contributed by atoms with Crippen LogP contribution < -0.4 is 10.1 Å². The first-order chi connectivity index (χ1) is 15.8. The van der Waals surface area contributed by atoms with E-state index in [0.29, 0.717) is 23.3 Å². The standard InChI is InChI=1S/C26H26N2O5/c1-3-23(30)18-9-12-22(13-10-18)33-16-21(29)15-28-24(31)26(2,27-25(28)32)20-11-8-17-6-4-5-7-19(17)14-20/h4-14,21,29H,3,15-16H2,1-2H3,(H,27,32). The molecule has 0 radical (unpaired) electrons. The van der Waals surface area contributed by atoms with Crippen molar-refractivity contribution in [2.45, 2.75) is 31.9 Å². The molecule has 7 heteroatoms. The lowest BCUT2D eigenvalue weighted by atomic mass is 9.90. The highest BCUT2D eigenvalue weighted by Crippen LogP contribution is 2.31. The van der Waals surface area contributed by atoms with Crippen LogP contribution in [0.1, 0.15) is 36.2 Å². The molecular formula is C26H26N2O5. The summed E-state index contributed by atoms with van der Waals surface area (Å²) in [4.78, 5) is 38.5. The number of fused-ring (bicyclic) bond motifs is 1. The number of hydrogen-bond acceptors (Lipinski definition) is 5. The summed E-state index contributed by atoms with van der Waals surface area (Å²) in [5, 5.41) is 15.2. The Morgan fingerprint density at radius 1 is 1.06 bits per heavy atom. The lowest BCUT2D eigenvalue weighted by molar-refractivity contribution is -0.132. The second-order valence-electron chi connectivity index (χ2n) is 8.30. The highest BCUT2D eigenvalue weighted by atomic mass is 16.5. The van der Waals surface area contributed by atoms with Gasteiger partial charge in [-0.2, -0.15) is 0 Å².